The Morgan fingerprint density at radius 3 is 2.89 bits per heavy atom. The summed E-state index contributed by atoms with van der Waals surface area (Å²) < 4.78 is 5.25. The molecular weight excluding hydrogens is 228 g/mol. The normalized spacial score (nSPS) is 14.3. The Kier molecular flexibility index (Phi) is 4.59. The zero-order valence-corrected chi connectivity index (χ0v) is 10.7. The molecule has 1 aromatic carbocycles. The minimum atomic E-state index is 0.0665. The lowest BCUT2D eigenvalue weighted by Crippen LogP contribution is -2.34. The number of methoxy groups -OCH3 is 1. The van der Waals surface area contributed by atoms with Crippen LogP contribution in [0.1, 0.15) is 18.4 Å². The van der Waals surface area contributed by atoms with Crippen molar-refractivity contribution >= 4 is 5.91 Å². The maximum atomic E-state index is 11.5. The molecule has 0 unspecified atom stereocenters. The molecular formula is C14H20N2O2. The van der Waals surface area contributed by atoms with Crippen molar-refractivity contribution in [3.8, 4) is 5.75 Å². The van der Waals surface area contributed by atoms with Crippen LogP contribution in [0, 0.1) is 5.92 Å². The number of benzene rings is 1. The van der Waals surface area contributed by atoms with Crippen molar-refractivity contribution in [1.82, 2.24) is 10.6 Å². The second-order valence-corrected chi connectivity index (χ2v) is 4.66. The number of ether oxygens (including phenoxy) is 1. The second-order valence-electron chi connectivity index (χ2n) is 4.66. The van der Waals surface area contributed by atoms with Gasteiger partial charge in [0.05, 0.1) is 13.7 Å². The van der Waals surface area contributed by atoms with Gasteiger partial charge < -0.3 is 15.4 Å². The van der Waals surface area contributed by atoms with Crippen LogP contribution in [-0.4, -0.2) is 26.1 Å². The van der Waals surface area contributed by atoms with Crippen molar-refractivity contribution in [3.63, 3.8) is 0 Å². The first kappa shape index (κ1) is 12.9. The third kappa shape index (κ3) is 4.04. The van der Waals surface area contributed by atoms with Gasteiger partial charge in [-0.15, -0.1) is 0 Å². The van der Waals surface area contributed by atoms with E-state index in [0.717, 1.165) is 23.8 Å². The lowest BCUT2D eigenvalue weighted by atomic mass is 10.2. The Hall–Kier alpha value is -1.55. The highest BCUT2D eigenvalue weighted by Gasteiger charge is 2.21. The largest absolute Gasteiger partial charge is 0.496 e. The molecule has 2 N–H and O–H groups in total. The van der Waals surface area contributed by atoms with E-state index in [1.165, 1.54) is 12.8 Å². The number of rotatable bonds is 7. The van der Waals surface area contributed by atoms with Crippen LogP contribution in [0.25, 0.3) is 0 Å². The number of carbonyl (C=O) groups is 1. The van der Waals surface area contributed by atoms with Gasteiger partial charge in [-0.05, 0) is 24.8 Å². The van der Waals surface area contributed by atoms with Crippen LogP contribution >= 0.6 is 0 Å². The summed E-state index contributed by atoms with van der Waals surface area (Å²) in [6.07, 6.45) is 2.52. The van der Waals surface area contributed by atoms with Crippen molar-refractivity contribution in [2.45, 2.75) is 19.4 Å². The van der Waals surface area contributed by atoms with E-state index in [2.05, 4.69) is 10.6 Å². The van der Waals surface area contributed by atoms with Gasteiger partial charge >= 0.3 is 0 Å². The standard InChI is InChI=1S/C14H20N2O2/c1-18-13-5-3-2-4-12(13)9-15-10-14(17)16-8-11-6-7-11/h2-5,11,15H,6-10H2,1H3,(H,16,17). The molecule has 1 aliphatic carbocycles. The molecule has 0 spiro atoms. The van der Waals surface area contributed by atoms with E-state index >= 15 is 0 Å². The van der Waals surface area contributed by atoms with E-state index < -0.39 is 0 Å². The van der Waals surface area contributed by atoms with Gasteiger partial charge in [0.25, 0.3) is 0 Å². The molecule has 98 valence electrons. The number of carbonyl (C=O) groups excluding carboxylic acids is 1. The summed E-state index contributed by atoms with van der Waals surface area (Å²) in [5, 5.41) is 6.06. The number of hydrogen-bond acceptors (Lipinski definition) is 3. The highest BCUT2D eigenvalue weighted by atomic mass is 16.5. The van der Waals surface area contributed by atoms with E-state index in [-0.39, 0.29) is 5.91 Å². The van der Waals surface area contributed by atoms with Crippen LogP contribution in [0.2, 0.25) is 0 Å². The summed E-state index contributed by atoms with van der Waals surface area (Å²) in [4.78, 5) is 11.5. The molecule has 0 aliphatic heterocycles. The molecule has 1 aromatic rings. The van der Waals surface area contributed by atoms with Gasteiger partial charge in [0.2, 0.25) is 5.91 Å². The van der Waals surface area contributed by atoms with Crippen molar-refractivity contribution < 1.29 is 9.53 Å². The molecule has 18 heavy (non-hydrogen) atoms. The molecule has 0 heterocycles. The number of amides is 1. The van der Waals surface area contributed by atoms with Gasteiger partial charge in [-0.2, -0.15) is 0 Å². The average Bonchev–Trinajstić information content (AvgIpc) is 3.21. The number of para-hydroxylation sites is 1. The summed E-state index contributed by atoms with van der Waals surface area (Å²) in [6, 6.07) is 7.81. The van der Waals surface area contributed by atoms with Crippen LogP contribution in [0.4, 0.5) is 0 Å². The maximum absolute atomic E-state index is 11.5. The van der Waals surface area contributed by atoms with E-state index in [1.54, 1.807) is 7.11 Å². The van der Waals surface area contributed by atoms with Crippen molar-refractivity contribution in [2.75, 3.05) is 20.2 Å². The fraction of sp³-hybridized carbons (Fsp3) is 0.500. The molecule has 4 nitrogen and oxygen atoms in total. The molecule has 0 bridgehead atoms. The van der Waals surface area contributed by atoms with E-state index in [4.69, 9.17) is 4.74 Å². The topological polar surface area (TPSA) is 50.4 Å². The smallest absolute Gasteiger partial charge is 0.233 e. The van der Waals surface area contributed by atoms with Crippen molar-refractivity contribution in [1.29, 1.82) is 0 Å². The van der Waals surface area contributed by atoms with Crippen LogP contribution in [0.3, 0.4) is 0 Å². The molecule has 2 rings (SSSR count). The predicted octanol–water partition coefficient (Wildman–Crippen LogP) is 1.31. The van der Waals surface area contributed by atoms with Gasteiger partial charge in [0, 0.05) is 18.7 Å². The quantitative estimate of drug-likeness (QED) is 0.765. The molecule has 1 amide bonds. The summed E-state index contributed by atoms with van der Waals surface area (Å²) in [6.45, 7) is 1.82. The SMILES string of the molecule is COc1ccccc1CNCC(=O)NCC1CC1. The van der Waals surface area contributed by atoms with Gasteiger partial charge in [-0.1, -0.05) is 18.2 Å². The summed E-state index contributed by atoms with van der Waals surface area (Å²) >= 11 is 0. The first-order valence-electron chi connectivity index (χ1n) is 6.39. The molecule has 4 heteroatoms. The molecule has 0 radical (unpaired) electrons. The van der Waals surface area contributed by atoms with Crippen LogP contribution < -0.4 is 15.4 Å². The van der Waals surface area contributed by atoms with Crippen molar-refractivity contribution in [2.24, 2.45) is 5.92 Å². The zero-order valence-electron chi connectivity index (χ0n) is 10.7. The van der Waals surface area contributed by atoms with Gasteiger partial charge in [-0.25, -0.2) is 0 Å². The second kappa shape index (κ2) is 6.40. The van der Waals surface area contributed by atoms with Gasteiger partial charge in [0.15, 0.2) is 0 Å². The fourth-order valence-corrected chi connectivity index (χ4v) is 1.80. The summed E-state index contributed by atoms with van der Waals surface area (Å²) in [5.74, 6) is 1.64. The minimum Gasteiger partial charge on any atom is -0.496 e. The zero-order chi connectivity index (χ0) is 12.8. The Morgan fingerprint density at radius 1 is 1.39 bits per heavy atom. The van der Waals surface area contributed by atoms with E-state index in [0.29, 0.717) is 13.1 Å². The maximum Gasteiger partial charge on any atom is 0.233 e. The number of nitrogens with one attached hydrogen (secondary N) is 2. The lowest BCUT2D eigenvalue weighted by Gasteiger charge is -2.09. The minimum absolute atomic E-state index is 0.0665. The highest BCUT2D eigenvalue weighted by molar-refractivity contribution is 5.78. The summed E-state index contributed by atoms with van der Waals surface area (Å²) in [7, 11) is 1.65. The Bertz CT molecular complexity index is 403. The third-order valence-electron chi connectivity index (χ3n) is 3.08. The van der Waals surface area contributed by atoms with Crippen molar-refractivity contribution in [3.05, 3.63) is 29.8 Å². The molecule has 1 fully saturated rings. The Balaban J connectivity index is 1.68. The molecule has 0 aromatic heterocycles. The van der Waals surface area contributed by atoms with Crippen LogP contribution in [0.15, 0.2) is 24.3 Å². The number of hydrogen-bond donors (Lipinski definition) is 2. The molecule has 0 saturated heterocycles. The first-order valence-corrected chi connectivity index (χ1v) is 6.39. The average molecular weight is 248 g/mol. The van der Waals surface area contributed by atoms with Crippen LogP contribution in [-0.2, 0) is 11.3 Å². The fourth-order valence-electron chi connectivity index (χ4n) is 1.80. The molecule has 1 aliphatic rings. The monoisotopic (exact) mass is 248 g/mol. The Labute approximate surface area is 108 Å². The first-order chi connectivity index (χ1) is 8.79. The summed E-state index contributed by atoms with van der Waals surface area (Å²) in [5.41, 5.74) is 1.06. The third-order valence-corrected chi connectivity index (χ3v) is 3.08. The van der Waals surface area contributed by atoms with E-state index in [1.807, 2.05) is 24.3 Å². The highest BCUT2D eigenvalue weighted by Crippen LogP contribution is 2.27. The molecule has 0 atom stereocenters. The van der Waals surface area contributed by atoms with Gasteiger partial charge in [0.1, 0.15) is 5.75 Å². The molecule has 1 saturated carbocycles. The van der Waals surface area contributed by atoms with E-state index in [9.17, 15) is 4.79 Å². The Morgan fingerprint density at radius 2 is 2.17 bits per heavy atom. The predicted molar refractivity (Wildman–Crippen MR) is 70.4 cm³/mol. The lowest BCUT2D eigenvalue weighted by molar-refractivity contribution is -0.120. The van der Waals surface area contributed by atoms with Gasteiger partial charge in [-0.3, -0.25) is 4.79 Å². The van der Waals surface area contributed by atoms with Crippen LogP contribution in [0.5, 0.6) is 5.75 Å².